The molecule has 0 saturated carbocycles. The lowest BCUT2D eigenvalue weighted by atomic mass is 9.99. The van der Waals surface area contributed by atoms with Crippen LogP contribution in [0.3, 0.4) is 0 Å². The maximum atomic E-state index is 2.68. The Morgan fingerprint density at radius 2 is 0.963 bits per heavy atom. The number of rotatable bonds is 2. The van der Waals surface area contributed by atoms with Crippen LogP contribution in [0.15, 0.2) is 24.3 Å². The van der Waals surface area contributed by atoms with Crippen molar-refractivity contribution in [1.82, 2.24) is 4.90 Å². The molecule has 0 N–H and O–H groups in total. The van der Waals surface area contributed by atoms with Crippen molar-refractivity contribution in [2.24, 2.45) is 0 Å². The molecule has 0 atom stereocenters. The normalized spacial score (nSPS) is 22.3. The zero-order chi connectivity index (χ0) is 19.3. The van der Waals surface area contributed by atoms with Crippen LogP contribution in [0.2, 0.25) is 0 Å². The molecule has 2 heterocycles. The molecule has 2 fully saturated rings. The summed E-state index contributed by atoms with van der Waals surface area (Å²) in [6.45, 7) is 19.2. The van der Waals surface area contributed by atoms with Crippen LogP contribution in [-0.4, -0.2) is 43.8 Å². The quantitative estimate of drug-likeness (QED) is 0.777. The third-order valence-electron chi connectivity index (χ3n) is 6.30. The van der Waals surface area contributed by atoms with Gasteiger partial charge in [-0.1, -0.05) is 35.4 Å². The van der Waals surface area contributed by atoms with Gasteiger partial charge in [0.05, 0.1) is 0 Å². The van der Waals surface area contributed by atoms with Crippen molar-refractivity contribution in [2.45, 2.75) is 47.7 Å². The molecule has 0 unspecified atom stereocenters. The fourth-order valence-electron chi connectivity index (χ4n) is 5.46. The summed E-state index contributed by atoms with van der Waals surface area (Å²) in [6.07, 6.45) is 0.410. The second kappa shape index (κ2) is 6.87. The van der Waals surface area contributed by atoms with E-state index in [4.69, 9.17) is 0 Å². The van der Waals surface area contributed by atoms with Crippen molar-refractivity contribution in [1.29, 1.82) is 0 Å². The van der Waals surface area contributed by atoms with Gasteiger partial charge in [0.25, 0.3) is 0 Å². The van der Waals surface area contributed by atoms with Crippen LogP contribution in [0.25, 0.3) is 0 Å². The van der Waals surface area contributed by atoms with Crippen molar-refractivity contribution < 1.29 is 0 Å². The number of hydrogen-bond acceptors (Lipinski definition) is 3. The number of anilines is 2. The van der Waals surface area contributed by atoms with Gasteiger partial charge in [-0.2, -0.15) is 0 Å². The maximum Gasteiger partial charge on any atom is 0.115 e. The summed E-state index contributed by atoms with van der Waals surface area (Å²) in [5.41, 5.74) is 11.2. The lowest BCUT2D eigenvalue weighted by Gasteiger charge is -2.53. The highest BCUT2D eigenvalue weighted by molar-refractivity contribution is 5.66. The molecule has 0 aromatic heterocycles. The van der Waals surface area contributed by atoms with Crippen LogP contribution in [0.1, 0.15) is 33.4 Å². The smallest absolute Gasteiger partial charge is 0.115 e. The summed E-state index contributed by atoms with van der Waals surface area (Å²) in [5.74, 6) is 0. The molecule has 2 bridgehead atoms. The van der Waals surface area contributed by atoms with Gasteiger partial charge >= 0.3 is 0 Å². The Balaban J connectivity index is 1.78. The number of benzene rings is 2. The molecule has 2 aliphatic rings. The average Bonchev–Trinajstić information content (AvgIpc) is 2.57. The molecule has 0 amide bonds. The van der Waals surface area contributed by atoms with E-state index in [2.05, 4.69) is 80.5 Å². The van der Waals surface area contributed by atoms with Gasteiger partial charge in [-0.15, -0.1) is 0 Å². The predicted octanol–water partition coefficient (Wildman–Crippen LogP) is 4.51. The first kappa shape index (κ1) is 18.4. The van der Waals surface area contributed by atoms with Gasteiger partial charge in [0.1, 0.15) is 6.17 Å². The average molecular weight is 364 g/mol. The van der Waals surface area contributed by atoms with Crippen LogP contribution in [0, 0.1) is 41.5 Å². The summed E-state index contributed by atoms with van der Waals surface area (Å²) >= 11 is 0. The second-order valence-corrected chi connectivity index (χ2v) is 8.66. The standard InChI is InChI=1S/C24H33N3/c1-16-11-18(3)23(19(4)12-16)26-9-7-25-8-10-27(22(26)15-25)24-20(5)13-17(2)14-21(24)6/h11-14,22H,7-10,15H2,1-6H3. The van der Waals surface area contributed by atoms with E-state index in [0.717, 1.165) is 19.6 Å². The first-order valence-corrected chi connectivity index (χ1v) is 10.3. The number of hydrogen-bond donors (Lipinski definition) is 0. The minimum Gasteiger partial charge on any atom is -0.348 e. The van der Waals surface area contributed by atoms with Crippen molar-refractivity contribution in [3.63, 3.8) is 0 Å². The molecule has 0 spiro atoms. The Labute approximate surface area is 164 Å². The van der Waals surface area contributed by atoms with E-state index in [1.807, 2.05) is 0 Å². The Morgan fingerprint density at radius 3 is 1.33 bits per heavy atom. The maximum absolute atomic E-state index is 2.68. The molecule has 2 aromatic carbocycles. The summed E-state index contributed by atoms with van der Waals surface area (Å²) in [7, 11) is 0. The van der Waals surface area contributed by atoms with Crippen molar-refractivity contribution in [2.75, 3.05) is 42.5 Å². The lowest BCUT2D eigenvalue weighted by Crippen LogP contribution is -2.66. The Morgan fingerprint density at radius 1 is 0.593 bits per heavy atom. The van der Waals surface area contributed by atoms with Gasteiger partial charge in [0.15, 0.2) is 0 Å². The molecule has 3 nitrogen and oxygen atoms in total. The number of aryl methyl sites for hydroxylation is 6. The third-order valence-corrected chi connectivity index (χ3v) is 6.30. The Bertz CT molecular complexity index is 754. The Kier molecular flexibility index (Phi) is 4.67. The monoisotopic (exact) mass is 363 g/mol. The zero-order valence-electron chi connectivity index (χ0n) is 17.8. The minimum absolute atomic E-state index is 0.410. The van der Waals surface area contributed by atoms with Gasteiger partial charge in [-0.3, -0.25) is 4.90 Å². The van der Waals surface area contributed by atoms with Crippen LogP contribution < -0.4 is 9.80 Å². The molecule has 0 aliphatic carbocycles. The van der Waals surface area contributed by atoms with E-state index in [-0.39, 0.29) is 0 Å². The van der Waals surface area contributed by atoms with Crippen molar-refractivity contribution in [3.8, 4) is 0 Å². The van der Waals surface area contributed by atoms with Crippen LogP contribution in [0.5, 0.6) is 0 Å². The van der Waals surface area contributed by atoms with E-state index in [0.29, 0.717) is 6.17 Å². The summed E-state index contributed by atoms with van der Waals surface area (Å²) in [4.78, 5) is 7.99. The fraction of sp³-hybridized carbons (Fsp3) is 0.500. The molecule has 27 heavy (non-hydrogen) atoms. The largest absolute Gasteiger partial charge is 0.348 e. The number of nitrogens with zero attached hydrogens (tertiary/aromatic N) is 3. The van der Waals surface area contributed by atoms with Crippen LogP contribution in [0.4, 0.5) is 11.4 Å². The molecule has 144 valence electrons. The van der Waals surface area contributed by atoms with E-state index < -0.39 is 0 Å². The second-order valence-electron chi connectivity index (χ2n) is 8.66. The zero-order valence-corrected chi connectivity index (χ0v) is 17.8. The highest BCUT2D eigenvalue weighted by atomic mass is 15.5. The molecule has 3 heteroatoms. The fourth-order valence-corrected chi connectivity index (χ4v) is 5.46. The molecule has 0 radical (unpaired) electrons. The highest BCUT2D eigenvalue weighted by Gasteiger charge is 2.37. The highest BCUT2D eigenvalue weighted by Crippen LogP contribution is 2.36. The van der Waals surface area contributed by atoms with Gasteiger partial charge in [0, 0.05) is 44.1 Å². The van der Waals surface area contributed by atoms with Gasteiger partial charge in [0.2, 0.25) is 0 Å². The van der Waals surface area contributed by atoms with Crippen LogP contribution >= 0.6 is 0 Å². The summed E-state index contributed by atoms with van der Waals surface area (Å²) in [5, 5.41) is 0. The molecular formula is C24H33N3. The number of piperazine rings is 2. The van der Waals surface area contributed by atoms with Gasteiger partial charge in [-0.25, -0.2) is 0 Å². The first-order chi connectivity index (χ1) is 12.8. The summed E-state index contributed by atoms with van der Waals surface area (Å²) in [6, 6.07) is 9.35. The van der Waals surface area contributed by atoms with Gasteiger partial charge in [-0.05, 0) is 63.8 Å². The minimum atomic E-state index is 0.410. The molecule has 4 rings (SSSR count). The lowest BCUT2D eigenvalue weighted by molar-refractivity contribution is 0.188. The van der Waals surface area contributed by atoms with E-state index in [1.54, 1.807) is 0 Å². The van der Waals surface area contributed by atoms with E-state index >= 15 is 0 Å². The SMILES string of the molecule is Cc1cc(C)c(N2CCN3CCN(c4c(C)cc(C)cc4C)C2C3)c(C)c1. The van der Waals surface area contributed by atoms with Crippen molar-refractivity contribution >= 4 is 11.4 Å². The third kappa shape index (κ3) is 3.23. The van der Waals surface area contributed by atoms with Crippen molar-refractivity contribution in [3.05, 3.63) is 57.6 Å². The summed E-state index contributed by atoms with van der Waals surface area (Å²) < 4.78 is 0. The topological polar surface area (TPSA) is 9.72 Å². The van der Waals surface area contributed by atoms with E-state index in [1.165, 1.54) is 57.8 Å². The first-order valence-electron chi connectivity index (χ1n) is 10.3. The van der Waals surface area contributed by atoms with Crippen LogP contribution in [-0.2, 0) is 0 Å². The predicted molar refractivity (Wildman–Crippen MR) is 116 cm³/mol. The molecular weight excluding hydrogens is 330 g/mol. The Hall–Kier alpha value is -2.00. The van der Waals surface area contributed by atoms with E-state index in [9.17, 15) is 0 Å². The molecule has 2 saturated heterocycles. The molecule has 2 aromatic rings. The number of fused-ring (bicyclic) bond motifs is 2. The van der Waals surface area contributed by atoms with Gasteiger partial charge < -0.3 is 9.80 Å². The molecule has 2 aliphatic heterocycles.